The summed E-state index contributed by atoms with van der Waals surface area (Å²) in [6, 6.07) is 6.33. The van der Waals surface area contributed by atoms with Crippen molar-refractivity contribution in [2.24, 2.45) is 0 Å². The van der Waals surface area contributed by atoms with Gasteiger partial charge >= 0.3 is 12.1 Å². The van der Waals surface area contributed by atoms with Crippen LogP contribution in [-0.4, -0.2) is 53.3 Å². The van der Waals surface area contributed by atoms with Gasteiger partial charge in [0.1, 0.15) is 12.1 Å². The van der Waals surface area contributed by atoms with E-state index < -0.39 is 36.0 Å². The van der Waals surface area contributed by atoms with Gasteiger partial charge in [0.2, 0.25) is 0 Å². The zero-order valence-electron chi connectivity index (χ0n) is 15.0. The van der Waals surface area contributed by atoms with Gasteiger partial charge < -0.3 is 10.6 Å². The Labute approximate surface area is 151 Å². The first-order valence-electron chi connectivity index (χ1n) is 8.57. The highest BCUT2D eigenvalue weighted by Crippen LogP contribution is 2.30. The Kier molecular flexibility index (Phi) is 4.43. The number of imide groups is 2. The highest BCUT2D eigenvalue weighted by atomic mass is 16.2. The monoisotopic (exact) mass is 358 g/mol. The fourth-order valence-electron chi connectivity index (χ4n) is 3.17. The normalized spacial score (nSPS) is 22.8. The quantitative estimate of drug-likeness (QED) is 0.788. The number of carbonyl (C=O) groups is 4. The molecule has 1 atom stereocenters. The Morgan fingerprint density at radius 3 is 2.35 bits per heavy atom. The molecule has 138 valence electrons. The zero-order chi connectivity index (χ0) is 19.1. The molecule has 0 spiro atoms. The molecule has 1 aromatic rings. The van der Waals surface area contributed by atoms with Gasteiger partial charge in [-0.25, -0.2) is 9.59 Å². The zero-order valence-corrected chi connectivity index (χ0v) is 15.0. The van der Waals surface area contributed by atoms with Gasteiger partial charge in [0.15, 0.2) is 0 Å². The van der Waals surface area contributed by atoms with Crippen molar-refractivity contribution in [2.45, 2.75) is 32.2 Å². The number of hydrogen-bond donors (Lipinski definition) is 2. The van der Waals surface area contributed by atoms with Crippen LogP contribution in [0.2, 0.25) is 0 Å². The van der Waals surface area contributed by atoms with E-state index in [2.05, 4.69) is 24.5 Å². The van der Waals surface area contributed by atoms with Crippen LogP contribution in [0.1, 0.15) is 37.8 Å². The molecule has 0 aliphatic carbocycles. The number of amides is 6. The van der Waals surface area contributed by atoms with Crippen molar-refractivity contribution in [3.8, 4) is 0 Å². The lowest BCUT2D eigenvalue weighted by atomic mass is 9.90. The molecule has 26 heavy (non-hydrogen) atoms. The van der Waals surface area contributed by atoms with Crippen LogP contribution in [0.5, 0.6) is 0 Å². The van der Waals surface area contributed by atoms with Gasteiger partial charge in [0.25, 0.3) is 11.8 Å². The highest BCUT2D eigenvalue weighted by molar-refractivity contribution is 6.10. The summed E-state index contributed by atoms with van der Waals surface area (Å²) in [5.41, 5.74) is 0.537. The summed E-state index contributed by atoms with van der Waals surface area (Å²) in [4.78, 5) is 50.9. The third-order valence-electron chi connectivity index (χ3n) is 4.88. The first kappa shape index (κ1) is 17.9. The van der Waals surface area contributed by atoms with Crippen LogP contribution >= 0.6 is 0 Å². The Balaban J connectivity index is 1.79. The molecule has 3 rings (SSSR count). The summed E-state index contributed by atoms with van der Waals surface area (Å²) in [5, 5.41) is 5.18. The second-order valence-corrected chi connectivity index (χ2v) is 7.00. The summed E-state index contributed by atoms with van der Waals surface area (Å²) in [7, 11) is 0. The number of nitrogens with zero attached hydrogens (tertiary/aromatic N) is 2. The fraction of sp³-hybridized carbons (Fsp3) is 0.444. The van der Waals surface area contributed by atoms with Gasteiger partial charge in [-0.1, -0.05) is 38.1 Å². The molecule has 8 nitrogen and oxygen atoms in total. The minimum absolute atomic E-state index is 0.231. The summed E-state index contributed by atoms with van der Waals surface area (Å²) >= 11 is 0. The van der Waals surface area contributed by atoms with E-state index in [1.165, 1.54) is 0 Å². The van der Waals surface area contributed by atoms with Gasteiger partial charge in [-0.15, -0.1) is 0 Å². The maximum absolute atomic E-state index is 12.9. The number of benzene rings is 1. The first-order valence-corrected chi connectivity index (χ1v) is 8.57. The molecule has 2 N–H and O–H groups in total. The molecule has 0 aromatic heterocycles. The lowest BCUT2D eigenvalue weighted by Gasteiger charge is -2.23. The van der Waals surface area contributed by atoms with Gasteiger partial charge in [-0.3, -0.25) is 19.4 Å². The van der Waals surface area contributed by atoms with Crippen molar-refractivity contribution < 1.29 is 19.2 Å². The Morgan fingerprint density at radius 2 is 1.81 bits per heavy atom. The molecule has 1 aromatic carbocycles. The summed E-state index contributed by atoms with van der Waals surface area (Å²) in [5.74, 6) is -0.734. The number of urea groups is 2. The van der Waals surface area contributed by atoms with Crippen LogP contribution in [-0.2, 0) is 15.1 Å². The molecule has 0 saturated carbocycles. The maximum atomic E-state index is 12.9. The second kappa shape index (κ2) is 6.44. The molecule has 2 aliphatic rings. The van der Waals surface area contributed by atoms with Crippen molar-refractivity contribution in [1.82, 2.24) is 20.4 Å². The topological polar surface area (TPSA) is 98.8 Å². The van der Waals surface area contributed by atoms with Crippen molar-refractivity contribution >= 4 is 23.9 Å². The molecular formula is C18H22N4O4. The molecule has 6 amide bonds. The van der Waals surface area contributed by atoms with E-state index >= 15 is 0 Å². The van der Waals surface area contributed by atoms with E-state index in [-0.39, 0.29) is 6.54 Å². The predicted octanol–water partition coefficient (Wildman–Crippen LogP) is 1.13. The van der Waals surface area contributed by atoms with Crippen molar-refractivity contribution in [3.63, 3.8) is 0 Å². The van der Waals surface area contributed by atoms with E-state index in [9.17, 15) is 19.2 Å². The van der Waals surface area contributed by atoms with Crippen molar-refractivity contribution in [2.75, 3.05) is 19.6 Å². The van der Waals surface area contributed by atoms with E-state index in [0.717, 1.165) is 15.4 Å². The predicted molar refractivity (Wildman–Crippen MR) is 93.2 cm³/mol. The van der Waals surface area contributed by atoms with E-state index in [1.807, 2.05) is 24.3 Å². The first-order chi connectivity index (χ1) is 12.2. The lowest BCUT2D eigenvalue weighted by molar-refractivity contribution is -0.137. The van der Waals surface area contributed by atoms with Gasteiger partial charge in [-0.2, -0.15) is 0 Å². The standard InChI is InChI=1S/C18H22N4O4/c1-11(2)12-4-6-13(7-5-12)18(3)15(24)22(17(26)20-18)10-14(23)21-9-8-19-16(21)25/h4-7,11H,8-10H2,1-3H3,(H,19,25)(H,20,26). The van der Waals surface area contributed by atoms with Crippen LogP contribution in [0.25, 0.3) is 0 Å². The largest absolute Gasteiger partial charge is 0.336 e. The fourth-order valence-corrected chi connectivity index (χ4v) is 3.17. The SMILES string of the molecule is CC(C)c1ccc(C2(C)NC(=O)N(CC(=O)N3CCNC3=O)C2=O)cc1. The minimum atomic E-state index is -1.24. The molecule has 2 fully saturated rings. The average Bonchev–Trinajstić information content (AvgIpc) is 3.12. The molecule has 2 aliphatic heterocycles. The average molecular weight is 358 g/mol. The van der Waals surface area contributed by atoms with Crippen LogP contribution in [0.3, 0.4) is 0 Å². The number of hydrogen-bond acceptors (Lipinski definition) is 4. The molecule has 0 radical (unpaired) electrons. The molecule has 2 heterocycles. The Bertz CT molecular complexity index is 774. The molecule has 8 heteroatoms. The number of rotatable bonds is 4. The van der Waals surface area contributed by atoms with E-state index in [0.29, 0.717) is 18.0 Å². The smallest absolute Gasteiger partial charge is 0.325 e. The summed E-state index contributed by atoms with van der Waals surface area (Å²) in [6.07, 6.45) is 0. The second-order valence-electron chi connectivity index (χ2n) is 7.00. The van der Waals surface area contributed by atoms with Crippen LogP contribution < -0.4 is 10.6 Å². The Hall–Kier alpha value is -2.90. The van der Waals surface area contributed by atoms with Crippen LogP contribution in [0.4, 0.5) is 9.59 Å². The van der Waals surface area contributed by atoms with E-state index in [4.69, 9.17) is 0 Å². The third kappa shape index (κ3) is 2.91. The summed E-state index contributed by atoms with van der Waals surface area (Å²) in [6.45, 7) is 5.89. The molecular weight excluding hydrogens is 336 g/mol. The minimum Gasteiger partial charge on any atom is -0.336 e. The van der Waals surface area contributed by atoms with Crippen molar-refractivity contribution in [1.29, 1.82) is 0 Å². The van der Waals surface area contributed by atoms with E-state index in [1.54, 1.807) is 6.92 Å². The maximum Gasteiger partial charge on any atom is 0.325 e. The Morgan fingerprint density at radius 1 is 1.15 bits per heavy atom. The van der Waals surface area contributed by atoms with Gasteiger partial charge in [0, 0.05) is 13.1 Å². The third-order valence-corrected chi connectivity index (χ3v) is 4.88. The van der Waals surface area contributed by atoms with Crippen LogP contribution in [0.15, 0.2) is 24.3 Å². The summed E-state index contributed by atoms with van der Waals surface area (Å²) < 4.78 is 0. The number of carbonyl (C=O) groups excluding carboxylic acids is 4. The molecule has 0 bridgehead atoms. The number of nitrogens with one attached hydrogen (secondary N) is 2. The van der Waals surface area contributed by atoms with Gasteiger partial charge in [-0.05, 0) is 24.0 Å². The highest BCUT2D eigenvalue weighted by Gasteiger charge is 2.50. The van der Waals surface area contributed by atoms with Crippen LogP contribution in [0, 0.1) is 0 Å². The molecule has 2 saturated heterocycles. The molecule has 1 unspecified atom stereocenters. The lowest BCUT2D eigenvalue weighted by Crippen LogP contribution is -2.45. The van der Waals surface area contributed by atoms with Crippen molar-refractivity contribution in [3.05, 3.63) is 35.4 Å². The van der Waals surface area contributed by atoms with Gasteiger partial charge in [0.05, 0.1) is 0 Å².